The van der Waals surface area contributed by atoms with Crippen LogP contribution in [0.4, 0.5) is 0 Å². The van der Waals surface area contributed by atoms with Gasteiger partial charge >= 0.3 is 0 Å². The molecular formula is C14H17N3O2. The molecule has 0 atom stereocenters. The number of nitrogens with one attached hydrogen (secondary N) is 1. The minimum atomic E-state index is -0.339. The molecule has 0 bridgehead atoms. The van der Waals surface area contributed by atoms with Gasteiger partial charge in [0, 0.05) is 11.6 Å². The Bertz CT molecular complexity index is 596. The summed E-state index contributed by atoms with van der Waals surface area (Å²) in [6, 6.07) is 7.06. The number of ether oxygens (including phenoxy) is 1. The van der Waals surface area contributed by atoms with Crippen molar-refractivity contribution in [3.8, 4) is 5.75 Å². The molecular weight excluding hydrogens is 242 g/mol. The van der Waals surface area contributed by atoms with E-state index < -0.39 is 0 Å². The Morgan fingerprint density at radius 3 is 2.89 bits per heavy atom. The number of carbonyl (C=O) groups excluding carboxylic acids is 1. The molecule has 1 aromatic heterocycles. The first-order valence-corrected chi connectivity index (χ1v) is 6.15. The molecule has 1 amide bonds. The minimum Gasteiger partial charge on any atom is -0.491 e. The molecule has 5 heteroatoms. The van der Waals surface area contributed by atoms with E-state index >= 15 is 0 Å². The summed E-state index contributed by atoms with van der Waals surface area (Å²) in [5, 5.41) is 0.728. The fourth-order valence-electron chi connectivity index (χ4n) is 1.80. The van der Waals surface area contributed by atoms with Crippen LogP contribution in [-0.4, -0.2) is 17.5 Å². The summed E-state index contributed by atoms with van der Waals surface area (Å²) in [5.41, 5.74) is 3.29. The molecule has 0 unspecified atom stereocenters. The number of fused-ring (bicyclic) bond motifs is 1. The van der Waals surface area contributed by atoms with E-state index in [0.717, 1.165) is 5.39 Å². The summed E-state index contributed by atoms with van der Waals surface area (Å²) in [6.45, 7) is 4.76. The van der Waals surface area contributed by atoms with E-state index in [1.807, 2.05) is 6.07 Å². The highest BCUT2D eigenvalue weighted by Gasteiger charge is 2.13. The van der Waals surface area contributed by atoms with Gasteiger partial charge in [0.05, 0.1) is 12.2 Å². The van der Waals surface area contributed by atoms with Crippen LogP contribution in [0, 0.1) is 5.92 Å². The lowest BCUT2D eigenvalue weighted by Crippen LogP contribution is -2.30. The fourth-order valence-corrected chi connectivity index (χ4v) is 1.80. The number of hydrazine groups is 1. The van der Waals surface area contributed by atoms with Crippen molar-refractivity contribution < 1.29 is 9.53 Å². The molecule has 1 aromatic carbocycles. The quantitative estimate of drug-likeness (QED) is 0.499. The van der Waals surface area contributed by atoms with E-state index in [-0.39, 0.29) is 5.91 Å². The zero-order valence-corrected chi connectivity index (χ0v) is 11.0. The average molecular weight is 259 g/mol. The van der Waals surface area contributed by atoms with Crippen LogP contribution in [-0.2, 0) is 0 Å². The molecule has 3 N–H and O–H groups in total. The van der Waals surface area contributed by atoms with E-state index in [4.69, 9.17) is 10.6 Å². The van der Waals surface area contributed by atoms with Crippen LogP contribution in [0.15, 0.2) is 30.5 Å². The fraction of sp³-hybridized carbons (Fsp3) is 0.286. The van der Waals surface area contributed by atoms with Crippen molar-refractivity contribution in [3.63, 3.8) is 0 Å². The Morgan fingerprint density at radius 2 is 2.21 bits per heavy atom. The summed E-state index contributed by atoms with van der Waals surface area (Å²) in [6.07, 6.45) is 1.68. The van der Waals surface area contributed by atoms with Crippen molar-refractivity contribution in [2.24, 2.45) is 11.8 Å². The van der Waals surface area contributed by atoms with Crippen molar-refractivity contribution in [3.05, 3.63) is 36.0 Å². The number of nitrogen functional groups attached to an aromatic ring is 1. The SMILES string of the molecule is CC(C)COc1ccc(C(=O)NN)c2cccnc12. The average Bonchev–Trinajstić information content (AvgIpc) is 2.43. The number of nitrogens with two attached hydrogens (primary N) is 1. The van der Waals surface area contributed by atoms with E-state index in [2.05, 4.69) is 24.3 Å². The second kappa shape index (κ2) is 5.67. The summed E-state index contributed by atoms with van der Waals surface area (Å²) in [5.74, 6) is 5.94. The van der Waals surface area contributed by atoms with E-state index in [9.17, 15) is 4.79 Å². The first kappa shape index (κ1) is 13.3. The number of rotatable bonds is 4. The number of nitrogens with zero attached hydrogens (tertiary/aromatic N) is 1. The maximum absolute atomic E-state index is 11.7. The smallest absolute Gasteiger partial charge is 0.265 e. The molecule has 0 spiro atoms. The van der Waals surface area contributed by atoms with E-state index in [1.54, 1.807) is 24.4 Å². The molecule has 1 heterocycles. The number of hydrogen-bond donors (Lipinski definition) is 2. The van der Waals surface area contributed by atoms with Crippen LogP contribution < -0.4 is 16.0 Å². The Balaban J connectivity index is 2.49. The Hall–Kier alpha value is -2.14. The number of hydrogen-bond acceptors (Lipinski definition) is 4. The first-order chi connectivity index (χ1) is 9.13. The zero-order chi connectivity index (χ0) is 13.8. The van der Waals surface area contributed by atoms with Gasteiger partial charge in [-0.05, 0) is 24.1 Å². The molecule has 0 saturated carbocycles. The van der Waals surface area contributed by atoms with Gasteiger partial charge in [0.1, 0.15) is 11.3 Å². The third-order valence-electron chi connectivity index (χ3n) is 2.68. The van der Waals surface area contributed by atoms with Crippen LogP contribution in [0.5, 0.6) is 5.75 Å². The van der Waals surface area contributed by atoms with Crippen LogP contribution in [0.3, 0.4) is 0 Å². The molecule has 5 nitrogen and oxygen atoms in total. The highest BCUT2D eigenvalue weighted by Crippen LogP contribution is 2.27. The number of aromatic nitrogens is 1. The van der Waals surface area contributed by atoms with Crippen LogP contribution in [0.2, 0.25) is 0 Å². The molecule has 0 fully saturated rings. The van der Waals surface area contributed by atoms with Crippen molar-refractivity contribution in [2.75, 3.05) is 6.61 Å². The molecule has 2 aromatic rings. The van der Waals surface area contributed by atoms with E-state index in [1.165, 1.54) is 0 Å². The molecule has 100 valence electrons. The molecule has 0 radical (unpaired) electrons. The van der Waals surface area contributed by atoms with Crippen LogP contribution in [0.1, 0.15) is 24.2 Å². The molecule has 0 saturated heterocycles. The predicted molar refractivity (Wildman–Crippen MR) is 73.7 cm³/mol. The summed E-state index contributed by atoms with van der Waals surface area (Å²) in [4.78, 5) is 16.0. The maximum atomic E-state index is 11.7. The van der Waals surface area contributed by atoms with Crippen LogP contribution in [0.25, 0.3) is 10.9 Å². The Labute approximate surface area is 111 Å². The van der Waals surface area contributed by atoms with E-state index in [0.29, 0.717) is 29.4 Å². The molecule has 19 heavy (non-hydrogen) atoms. The Kier molecular flexibility index (Phi) is 3.97. The minimum absolute atomic E-state index is 0.339. The second-order valence-electron chi connectivity index (χ2n) is 4.69. The molecule has 0 aliphatic heterocycles. The lowest BCUT2D eigenvalue weighted by atomic mass is 10.1. The predicted octanol–water partition coefficient (Wildman–Crippen LogP) is 1.87. The lowest BCUT2D eigenvalue weighted by Gasteiger charge is -2.12. The van der Waals surface area contributed by atoms with Gasteiger partial charge < -0.3 is 4.74 Å². The largest absolute Gasteiger partial charge is 0.491 e. The lowest BCUT2D eigenvalue weighted by molar-refractivity contribution is 0.0955. The zero-order valence-electron chi connectivity index (χ0n) is 11.0. The number of pyridine rings is 1. The van der Waals surface area contributed by atoms with Gasteiger partial charge in [-0.3, -0.25) is 15.2 Å². The maximum Gasteiger partial charge on any atom is 0.265 e. The monoisotopic (exact) mass is 259 g/mol. The van der Waals surface area contributed by atoms with Crippen molar-refractivity contribution in [1.29, 1.82) is 0 Å². The Morgan fingerprint density at radius 1 is 1.42 bits per heavy atom. The van der Waals surface area contributed by atoms with Gasteiger partial charge in [-0.25, -0.2) is 5.84 Å². The first-order valence-electron chi connectivity index (χ1n) is 6.15. The van der Waals surface area contributed by atoms with Gasteiger partial charge in [0.25, 0.3) is 5.91 Å². The summed E-state index contributed by atoms with van der Waals surface area (Å²) < 4.78 is 5.72. The normalized spacial score (nSPS) is 10.7. The topological polar surface area (TPSA) is 77.2 Å². The van der Waals surface area contributed by atoms with Crippen molar-refractivity contribution in [1.82, 2.24) is 10.4 Å². The third-order valence-corrected chi connectivity index (χ3v) is 2.68. The summed E-state index contributed by atoms with van der Waals surface area (Å²) in [7, 11) is 0. The van der Waals surface area contributed by atoms with Crippen LogP contribution >= 0.6 is 0 Å². The highest BCUT2D eigenvalue weighted by atomic mass is 16.5. The van der Waals surface area contributed by atoms with Gasteiger partial charge in [0.15, 0.2) is 0 Å². The van der Waals surface area contributed by atoms with Crippen molar-refractivity contribution in [2.45, 2.75) is 13.8 Å². The number of amides is 1. The van der Waals surface area contributed by atoms with Gasteiger partial charge in [0.2, 0.25) is 0 Å². The van der Waals surface area contributed by atoms with Gasteiger partial charge in [-0.15, -0.1) is 0 Å². The highest BCUT2D eigenvalue weighted by molar-refractivity contribution is 6.07. The second-order valence-corrected chi connectivity index (χ2v) is 4.69. The van der Waals surface area contributed by atoms with Gasteiger partial charge in [-0.1, -0.05) is 19.9 Å². The standard InChI is InChI=1S/C14H17N3O2/c1-9(2)8-19-12-6-5-11(14(18)17-15)10-4-3-7-16-13(10)12/h3-7,9H,8,15H2,1-2H3,(H,17,18). The van der Waals surface area contributed by atoms with Gasteiger partial charge in [-0.2, -0.15) is 0 Å². The number of carbonyl (C=O) groups is 1. The van der Waals surface area contributed by atoms with Crippen molar-refractivity contribution >= 4 is 16.8 Å². The molecule has 0 aliphatic rings. The summed E-state index contributed by atoms with van der Waals surface area (Å²) >= 11 is 0. The third kappa shape index (κ3) is 2.82. The molecule has 2 rings (SSSR count). The number of benzene rings is 1. The molecule has 0 aliphatic carbocycles.